The number of para-hydroxylation sites is 1. The molecule has 0 radical (unpaired) electrons. The first-order valence-corrected chi connectivity index (χ1v) is 10.6. The minimum absolute atomic E-state index is 0.0771. The standard InChI is InChI=1S/C25H29N3O6/c1-5-28(23(32)19(16-29)27-24(33)34-25(2,3)4)21(18-13-9-10-14-20(18)30)22(31)26-15-17-11-7-6-8-12-17/h1,6-14,19,21,29-30H,15-16H2,2-4H3,(H,26,31)(H,27,33). The van der Waals surface area contributed by atoms with Crippen LogP contribution in [0.5, 0.6) is 5.75 Å². The number of benzene rings is 2. The fraction of sp³-hybridized carbons (Fsp3) is 0.320. The Morgan fingerprint density at radius 3 is 2.26 bits per heavy atom. The molecule has 180 valence electrons. The zero-order valence-corrected chi connectivity index (χ0v) is 19.3. The third kappa shape index (κ3) is 7.25. The number of carbonyl (C=O) groups excluding carboxylic acids is 3. The Morgan fingerprint density at radius 2 is 1.71 bits per heavy atom. The quantitative estimate of drug-likeness (QED) is 0.348. The fourth-order valence-electron chi connectivity index (χ4n) is 3.07. The lowest BCUT2D eigenvalue weighted by Crippen LogP contribution is -2.53. The molecular weight excluding hydrogens is 438 g/mol. The Kier molecular flexibility index (Phi) is 9.04. The number of phenols is 1. The molecule has 0 heterocycles. The number of ether oxygens (including phenoxy) is 1. The zero-order chi connectivity index (χ0) is 25.3. The summed E-state index contributed by atoms with van der Waals surface area (Å²) in [5.41, 5.74) is 0.0489. The molecule has 2 aromatic carbocycles. The van der Waals surface area contributed by atoms with Crippen LogP contribution in [0.1, 0.15) is 37.9 Å². The predicted octanol–water partition coefficient (Wildman–Crippen LogP) is 2.05. The molecule has 0 aliphatic heterocycles. The molecule has 2 atom stereocenters. The molecule has 0 aromatic heterocycles. The molecule has 2 unspecified atom stereocenters. The van der Waals surface area contributed by atoms with Crippen molar-refractivity contribution < 1.29 is 29.3 Å². The maximum absolute atomic E-state index is 13.2. The van der Waals surface area contributed by atoms with E-state index in [1.807, 2.05) is 30.3 Å². The van der Waals surface area contributed by atoms with Crippen LogP contribution in [0, 0.1) is 12.5 Å². The zero-order valence-electron chi connectivity index (χ0n) is 19.3. The molecule has 34 heavy (non-hydrogen) atoms. The fourth-order valence-corrected chi connectivity index (χ4v) is 3.07. The Labute approximate surface area is 198 Å². The van der Waals surface area contributed by atoms with Gasteiger partial charge < -0.3 is 25.6 Å². The van der Waals surface area contributed by atoms with Crippen molar-refractivity contribution in [3.63, 3.8) is 0 Å². The van der Waals surface area contributed by atoms with E-state index in [1.54, 1.807) is 32.9 Å². The van der Waals surface area contributed by atoms with Gasteiger partial charge in [-0.1, -0.05) is 55.0 Å². The second kappa shape index (κ2) is 11.7. The van der Waals surface area contributed by atoms with E-state index in [0.29, 0.717) is 0 Å². The number of nitrogens with zero attached hydrogens (tertiary/aromatic N) is 1. The van der Waals surface area contributed by atoms with Crippen LogP contribution in [0.4, 0.5) is 4.79 Å². The van der Waals surface area contributed by atoms with Crippen LogP contribution in [0.2, 0.25) is 0 Å². The molecule has 0 bridgehead atoms. The van der Waals surface area contributed by atoms with Gasteiger partial charge in [0.2, 0.25) is 5.91 Å². The third-order valence-corrected chi connectivity index (χ3v) is 4.60. The van der Waals surface area contributed by atoms with Gasteiger partial charge in [-0.05, 0) is 32.4 Å². The number of carbonyl (C=O) groups is 3. The first kappa shape index (κ1) is 26.2. The maximum Gasteiger partial charge on any atom is 0.408 e. The average Bonchev–Trinajstić information content (AvgIpc) is 2.79. The van der Waals surface area contributed by atoms with E-state index in [-0.39, 0.29) is 17.9 Å². The summed E-state index contributed by atoms with van der Waals surface area (Å²) in [4.78, 5) is 39.3. The van der Waals surface area contributed by atoms with E-state index in [9.17, 15) is 24.6 Å². The van der Waals surface area contributed by atoms with Crippen LogP contribution < -0.4 is 10.6 Å². The van der Waals surface area contributed by atoms with Gasteiger partial charge in [-0.15, -0.1) is 0 Å². The summed E-state index contributed by atoms with van der Waals surface area (Å²) >= 11 is 0. The molecule has 3 amide bonds. The smallest absolute Gasteiger partial charge is 0.408 e. The number of aromatic hydroxyl groups is 1. The SMILES string of the molecule is C#CN(C(=O)C(CO)NC(=O)OC(C)(C)C)C(C(=O)NCc1ccccc1)c1ccccc1O. The Bertz CT molecular complexity index is 1040. The number of aliphatic hydroxyl groups excluding tert-OH is 1. The van der Waals surface area contributed by atoms with E-state index in [4.69, 9.17) is 11.2 Å². The number of hydrogen-bond acceptors (Lipinski definition) is 6. The number of phenolic OH excluding ortho intramolecular Hbond substituents is 1. The number of aliphatic hydroxyl groups is 1. The molecule has 0 saturated heterocycles. The molecule has 2 rings (SSSR count). The first-order chi connectivity index (χ1) is 16.1. The highest BCUT2D eigenvalue weighted by Gasteiger charge is 2.36. The largest absolute Gasteiger partial charge is 0.508 e. The summed E-state index contributed by atoms with van der Waals surface area (Å²) in [5.74, 6) is -1.85. The predicted molar refractivity (Wildman–Crippen MR) is 125 cm³/mol. The monoisotopic (exact) mass is 467 g/mol. The minimum Gasteiger partial charge on any atom is -0.508 e. The van der Waals surface area contributed by atoms with Gasteiger partial charge in [0.15, 0.2) is 6.04 Å². The summed E-state index contributed by atoms with van der Waals surface area (Å²) in [6.07, 6.45) is 4.66. The van der Waals surface area contributed by atoms with E-state index in [0.717, 1.165) is 10.5 Å². The van der Waals surface area contributed by atoms with Crippen molar-refractivity contribution in [2.24, 2.45) is 0 Å². The van der Waals surface area contributed by atoms with Crippen molar-refractivity contribution in [2.45, 2.75) is 45.0 Å². The lowest BCUT2D eigenvalue weighted by molar-refractivity contribution is -0.139. The van der Waals surface area contributed by atoms with Gasteiger partial charge in [-0.25, -0.2) is 4.79 Å². The number of nitrogens with one attached hydrogen (secondary N) is 2. The van der Waals surface area contributed by atoms with Crippen LogP contribution in [0.25, 0.3) is 0 Å². The van der Waals surface area contributed by atoms with Gasteiger partial charge in [0.1, 0.15) is 17.4 Å². The van der Waals surface area contributed by atoms with E-state index >= 15 is 0 Å². The van der Waals surface area contributed by atoms with Crippen molar-refractivity contribution in [3.05, 3.63) is 65.7 Å². The maximum atomic E-state index is 13.2. The van der Waals surface area contributed by atoms with Crippen molar-refractivity contribution in [1.82, 2.24) is 15.5 Å². The highest BCUT2D eigenvalue weighted by Crippen LogP contribution is 2.29. The highest BCUT2D eigenvalue weighted by molar-refractivity contribution is 5.93. The Balaban J connectivity index is 2.33. The summed E-state index contributed by atoms with van der Waals surface area (Å²) in [5, 5.41) is 25.1. The third-order valence-electron chi connectivity index (χ3n) is 4.60. The van der Waals surface area contributed by atoms with Crippen molar-refractivity contribution in [1.29, 1.82) is 0 Å². The van der Waals surface area contributed by atoms with E-state index in [1.165, 1.54) is 12.1 Å². The molecule has 0 spiro atoms. The molecular formula is C25H29N3O6. The number of alkyl carbamates (subject to hydrolysis) is 1. The average molecular weight is 468 g/mol. The van der Waals surface area contributed by atoms with Gasteiger partial charge >= 0.3 is 6.09 Å². The van der Waals surface area contributed by atoms with Crippen molar-refractivity contribution in [2.75, 3.05) is 6.61 Å². The van der Waals surface area contributed by atoms with Gasteiger partial charge in [0, 0.05) is 18.2 Å². The normalized spacial score (nSPS) is 12.6. The van der Waals surface area contributed by atoms with Gasteiger partial charge in [0.05, 0.1) is 6.61 Å². The highest BCUT2D eigenvalue weighted by atomic mass is 16.6. The Morgan fingerprint density at radius 1 is 1.09 bits per heavy atom. The molecule has 0 aliphatic rings. The lowest BCUT2D eigenvalue weighted by atomic mass is 10.0. The summed E-state index contributed by atoms with van der Waals surface area (Å²) in [6, 6.07) is 14.3. The molecule has 0 aliphatic carbocycles. The first-order valence-electron chi connectivity index (χ1n) is 10.6. The number of terminal acetylenes is 1. The second-order valence-electron chi connectivity index (χ2n) is 8.38. The van der Waals surface area contributed by atoms with Crippen LogP contribution in [-0.4, -0.2) is 51.3 Å². The Hall–Kier alpha value is -4.03. The molecule has 9 heteroatoms. The van der Waals surface area contributed by atoms with E-state index in [2.05, 4.69) is 16.7 Å². The summed E-state index contributed by atoms with van der Waals surface area (Å²) < 4.78 is 5.13. The number of amides is 3. The van der Waals surface area contributed by atoms with Crippen molar-refractivity contribution >= 4 is 17.9 Å². The van der Waals surface area contributed by atoms with Crippen LogP contribution >= 0.6 is 0 Å². The van der Waals surface area contributed by atoms with Gasteiger partial charge in [0.25, 0.3) is 5.91 Å². The van der Waals surface area contributed by atoms with Gasteiger partial charge in [-0.3, -0.25) is 14.5 Å². The van der Waals surface area contributed by atoms with Crippen LogP contribution in [0.3, 0.4) is 0 Å². The molecule has 0 fully saturated rings. The van der Waals surface area contributed by atoms with Crippen LogP contribution in [-0.2, 0) is 20.9 Å². The van der Waals surface area contributed by atoms with Gasteiger partial charge in [-0.2, -0.15) is 0 Å². The molecule has 9 nitrogen and oxygen atoms in total. The summed E-state index contributed by atoms with van der Waals surface area (Å²) in [6.45, 7) is 4.27. The summed E-state index contributed by atoms with van der Waals surface area (Å²) in [7, 11) is 0. The topological polar surface area (TPSA) is 128 Å². The molecule has 2 aromatic rings. The minimum atomic E-state index is -1.49. The van der Waals surface area contributed by atoms with E-state index < -0.39 is 42.2 Å². The molecule has 0 saturated carbocycles. The number of hydrogen-bond donors (Lipinski definition) is 4. The van der Waals surface area contributed by atoms with Crippen molar-refractivity contribution in [3.8, 4) is 18.2 Å². The lowest BCUT2D eigenvalue weighted by Gasteiger charge is -2.30. The van der Waals surface area contributed by atoms with Crippen LogP contribution in [0.15, 0.2) is 54.6 Å². The number of rotatable bonds is 8. The molecule has 4 N–H and O–H groups in total. The second-order valence-corrected chi connectivity index (χ2v) is 8.38.